The van der Waals surface area contributed by atoms with Crippen molar-refractivity contribution in [2.24, 2.45) is 5.73 Å². The molecule has 0 amide bonds. The van der Waals surface area contributed by atoms with E-state index in [0.717, 1.165) is 11.1 Å². The minimum absolute atomic E-state index is 0.0498. The summed E-state index contributed by atoms with van der Waals surface area (Å²) in [5, 5.41) is 0. The lowest BCUT2D eigenvalue weighted by molar-refractivity contribution is 0.582. The minimum Gasteiger partial charge on any atom is -0.330 e. The summed E-state index contributed by atoms with van der Waals surface area (Å²) in [6.45, 7) is 8.47. The number of aryl methyl sites for hydroxylation is 1. The molecule has 1 rings (SSSR count). The van der Waals surface area contributed by atoms with Gasteiger partial charge in [0.25, 0.3) is 0 Å². The van der Waals surface area contributed by atoms with Crippen molar-refractivity contribution < 1.29 is 8.42 Å². The first-order valence-electron chi connectivity index (χ1n) is 6.22. The van der Waals surface area contributed by atoms with Crippen LogP contribution in [-0.4, -0.2) is 20.7 Å². The van der Waals surface area contributed by atoms with Crippen molar-refractivity contribution in [2.75, 3.05) is 12.3 Å². The first-order chi connectivity index (χ1) is 8.18. The van der Waals surface area contributed by atoms with Crippen LogP contribution in [-0.2, 0) is 15.3 Å². The lowest BCUT2D eigenvalue weighted by atomic mass is 9.87. The van der Waals surface area contributed by atoms with E-state index >= 15 is 0 Å². The van der Waals surface area contributed by atoms with E-state index in [0.29, 0.717) is 17.9 Å². The lowest BCUT2D eigenvalue weighted by Gasteiger charge is -2.20. The molecule has 2 N–H and O–H groups in total. The third-order valence-electron chi connectivity index (χ3n) is 3.01. The van der Waals surface area contributed by atoms with Crippen LogP contribution in [0.15, 0.2) is 23.1 Å². The average Bonchev–Trinajstić information content (AvgIpc) is 2.25. The minimum atomic E-state index is -3.22. The van der Waals surface area contributed by atoms with Crippen LogP contribution < -0.4 is 5.73 Å². The molecule has 0 aromatic heterocycles. The van der Waals surface area contributed by atoms with Crippen molar-refractivity contribution >= 4 is 9.84 Å². The Kier molecular flexibility index (Phi) is 4.56. The summed E-state index contributed by atoms with van der Waals surface area (Å²) < 4.78 is 24.5. The van der Waals surface area contributed by atoms with Crippen LogP contribution in [0, 0.1) is 6.92 Å². The first-order valence-corrected chi connectivity index (χ1v) is 7.87. The number of sulfone groups is 1. The molecule has 0 atom stereocenters. The summed E-state index contributed by atoms with van der Waals surface area (Å²) in [7, 11) is -3.22. The summed E-state index contributed by atoms with van der Waals surface area (Å²) >= 11 is 0. The summed E-state index contributed by atoms with van der Waals surface area (Å²) in [6.07, 6.45) is 0.502. The van der Waals surface area contributed by atoms with Gasteiger partial charge in [0.05, 0.1) is 10.6 Å². The molecule has 0 unspecified atom stereocenters. The molecule has 1 aromatic rings. The predicted octanol–water partition coefficient (Wildman–Crippen LogP) is 2.42. The van der Waals surface area contributed by atoms with Gasteiger partial charge in [0.2, 0.25) is 0 Å². The van der Waals surface area contributed by atoms with E-state index in [9.17, 15) is 8.42 Å². The molecule has 0 bridgehead atoms. The van der Waals surface area contributed by atoms with Crippen molar-refractivity contribution in [3.63, 3.8) is 0 Å². The quantitative estimate of drug-likeness (QED) is 0.913. The fraction of sp³-hybridized carbons (Fsp3) is 0.571. The van der Waals surface area contributed by atoms with Gasteiger partial charge in [-0.3, -0.25) is 0 Å². The van der Waals surface area contributed by atoms with Crippen LogP contribution in [0.3, 0.4) is 0 Å². The summed E-state index contributed by atoms with van der Waals surface area (Å²) in [6, 6.07) is 5.69. The summed E-state index contributed by atoms with van der Waals surface area (Å²) in [4.78, 5) is 0.448. The van der Waals surface area contributed by atoms with E-state index in [2.05, 4.69) is 20.8 Å². The molecular formula is C14H23NO2S. The van der Waals surface area contributed by atoms with Crippen LogP contribution >= 0.6 is 0 Å². The highest BCUT2D eigenvalue weighted by molar-refractivity contribution is 7.91. The zero-order chi connectivity index (χ0) is 14.0. The van der Waals surface area contributed by atoms with Gasteiger partial charge in [-0.15, -0.1) is 0 Å². The van der Waals surface area contributed by atoms with Gasteiger partial charge in [0.1, 0.15) is 0 Å². The molecule has 0 saturated carbocycles. The highest BCUT2D eigenvalue weighted by Crippen LogP contribution is 2.27. The second-order valence-electron chi connectivity index (χ2n) is 5.69. The maximum absolute atomic E-state index is 12.2. The molecule has 0 radical (unpaired) electrons. The third kappa shape index (κ3) is 3.56. The van der Waals surface area contributed by atoms with Crippen molar-refractivity contribution in [1.82, 2.24) is 0 Å². The standard InChI is InChI=1S/C14H23NO2S/c1-11-6-7-12(14(2,3)4)10-13(11)18(16,17)9-5-8-15/h6-7,10H,5,8-9,15H2,1-4H3. The molecule has 0 spiro atoms. The number of nitrogens with two attached hydrogens (primary N) is 1. The Morgan fingerprint density at radius 3 is 2.33 bits per heavy atom. The number of benzene rings is 1. The molecule has 0 aliphatic carbocycles. The predicted molar refractivity (Wildman–Crippen MR) is 75.6 cm³/mol. The maximum atomic E-state index is 12.2. The molecular weight excluding hydrogens is 246 g/mol. The zero-order valence-electron chi connectivity index (χ0n) is 11.7. The topological polar surface area (TPSA) is 60.2 Å². The second kappa shape index (κ2) is 5.41. The average molecular weight is 269 g/mol. The fourth-order valence-electron chi connectivity index (χ4n) is 1.78. The molecule has 0 fully saturated rings. The van der Waals surface area contributed by atoms with Gasteiger partial charge in [-0.1, -0.05) is 32.9 Å². The van der Waals surface area contributed by atoms with Crippen LogP contribution in [0.1, 0.15) is 38.3 Å². The Labute approximate surface area is 110 Å². The molecule has 0 aliphatic heterocycles. The van der Waals surface area contributed by atoms with Crippen LogP contribution in [0.25, 0.3) is 0 Å². The molecule has 0 saturated heterocycles. The van der Waals surface area contributed by atoms with Crippen molar-refractivity contribution in [3.05, 3.63) is 29.3 Å². The van der Waals surface area contributed by atoms with E-state index < -0.39 is 9.84 Å². The fourth-order valence-corrected chi connectivity index (χ4v) is 3.42. The maximum Gasteiger partial charge on any atom is 0.178 e. The Morgan fingerprint density at radius 2 is 1.83 bits per heavy atom. The van der Waals surface area contributed by atoms with Crippen LogP contribution in [0.4, 0.5) is 0 Å². The Balaban J connectivity index is 3.24. The number of rotatable bonds is 4. The SMILES string of the molecule is Cc1ccc(C(C)(C)C)cc1S(=O)(=O)CCCN. The van der Waals surface area contributed by atoms with E-state index in [1.807, 2.05) is 19.1 Å². The van der Waals surface area contributed by atoms with Gasteiger partial charge in [0.15, 0.2) is 9.84 Å². The van der Waals surface area contributed by atoms with Gasteiger partial charge < -0.3 is 5.73 Å². The molecule has 4 heteroatoms. The van der Waals surface area contributed by atoms with Gasteiger partial charge in [0, 0.05) is 0 Å². The van der Waals surface area contributed by atoms with Gasteiger partial charge in [-0.25, -0.2) is 8.42 Å². The van der Waals surface area contributed by atoms with Crippen LogP contribution in [0.5, 0.6) is 0 Å². The van der Waals surface area contributed by atoms with E-state index in [-0.39, 0.29) is 11.2 Å². The van der Waals surface area contributed by atoms with E-state index in [1.54, 1.807) is 6.07 Å². The highest BCUT2D eigenvalue weighted by atomic mass is 32.2. The molecule has 102 valence electrons. The van der Waals surface area contributed by atoms with E-state index in [1.165, 1.54) is 0 Å². The normalized spacial score (nSPS) is 12.7. The Bertz CT molecular complexity index is 513. The largest absolute Gasteiger partial charge is 0.330 e. The molecule has 0 heterocycles. The zero-order valence-corrected chi connectivity index (χ0v) is 12.5. The second-order valence-corrected chi connectivity index (χ2v) is 7.77. The van der Waals surface area contributed by atoms with Gasteiger partial charge >= 0.3 is 0 Å². The van der Waals surface area contributed by atoms with Crippen molar-refractivity contribution in [2.45, 2.75) is 44.4 Å². The van der Waals surface area contributed by atoms with Crippen LogP contribution in [0.2, 0.25) is 0 Å². The molecule has 18 heavy (non-hydrogen) atoms. The Morgan fingerprint density at radius 1 is 1.22 bits per heavy atom. The highest BCUT2D eigenvalue weighted by Gasteiger charge is 2.20. The van der Waals surface area contributed by atoms with Gasteiger partial charge in [-0.2, -0.15) is 0 Å². The summed E-state index contributed by atoms with van der Waals surface area (Å²) in [5.74, 6) is 0.123. The van der Waals surface area contributed by atoms with Crippen molar-refractivity contribution in [1.29, 1.82) is 0 Å². The Hall–Kier alpha value is -0.870. The summed E-state index contributed by atoms with van der Waals surface area (Å²) in [5.41, 5.74) is 7.18. The van der Waals surface area contributed by atoms with E-state index in [4.69, 9.17) is 5.73 Å². The molecule has 1 aromatic carbocycles. The lowest BCUT2D eigenvalue weighted by Crippen LogP contribution is -2.16. The first kappa shape index (κ1) is 15.2. The van der Waals surface area contributed by atoms with Gasteiger partial charge in [-0.05, 0) is 42.5 Å². The van der Waals surface area contributed by atoms with Crippen molar-refractivity contribution in [3.8, 4) is 0 Å². The number of hydrogen-bond donors (Lipinski definition) is 1. The third-order valence-corrected chi connectivity index (χ3v) is 4.94. The number of hydrogen-bond acceptors (Lipinski definition) is 3. The molecule has 3 nitrogen and oxygen atoms in total. The molecule has 0 aliphatic rings. The monoisotopic (exact) mass is 269 g/mol. The smallest absolute Gasteiger partial charge is 0.178 e.